The van der Waals surface area contributed by atoms with Crippen molar-refractivity contribution in [1.82, 2.24) is 0 Å². The average molecular weight is 663 g/mol. The Balaban J connectivity index is 0.996. The van der Waals surface area contributed by atoms with Crippen molar-refractivity contribution in [2.24, 2.45) is 21.8 Å². The molecule has 4 aliphatic carbocycles. The van der Waals surface area contributed by atoms with Crippen molar-refractivity contribution in [2.75, 3.05) is 0 Å². The molecule has 2 aliphatic heterocycles. The fourth-order valence-electron chi connectivity index (χ4n) is 10.7. The zero-order chi connectivity index (χ0) is 32.8. The Bertz CT molecular complexity index is 1320. The number of ether oxygens (including phenoxy) is 2. The maximum atomic E-state index is 6.90. The van der Waals surface area contributed by atoms with E-state index in [0.29, 0.717) is 18.3 Å². The fraction of sp³-hybridized carbons (Fsp3) is 0.689. The lowest BCUT2D eigenvalue weighted by atomic mass is 9.81. The molecule has 8 rings (SSSR count). The number of aliphatic imine (C=N–C) groups is 2. The molecule has 2 heterocycles. The summed E-state index contributed by atoms with van der Waals surface area (Å²) in [6.45, 7) is 0. The minimum Gasteiger partial charge on any atom is -0.475 e. The van der Waals surface area contributed by atoms with Crippen LogP contribution in [0.15, 0.2) is 58.5 Å². The second-order valence-electron chi connectivity index (χ2n) is 16.9. The van der Waals surface area contributed by atoms with Crippen molar-refractivity contribution in [2.45, 2.75) is 184 Å². The molecule has 0 N–H and O–H groups in total. The minimum atomic E-state index is 0.183. The van der Waals surface area contributed by atoms with Gasteiger partial charge in [-0.2, -0.15) is 0 Å². The predicted octanol–water partition coefficient (Wildman–Crippen LogP) is 11.4. The Morgan fingerprint density at radius 2 is 0.857 bits per heavy atom. The van der Waals surface area contributed by atoms with E-state index in [-0.39, 0.29) is 24.3 Å². The zero-order valence-corrected chi connectivity index (χ0v) is 30.2. The highest BCUT2D eigenvalue weighted by Crippen LogP contribution is 2.39. The van der Waals surface area contributed by atoms with Crippen LogP contribution in [0.5, 0.6) is 0 Å². The van der Waals surface area contributed by atoms with Gasteiger partial charge < -0.3 is 9.47 Å². The third-order valence-corrected chi connectivity index (χ3v) is 13.4. The Labute approximate surface area is 297 Å². The Hall–Kier alpha value is -2.62. The third-order valence-electron chi connectivity index (χ3n) is 13.4. The van der Waals surface area contributed by atoms with Gasteiger partial charge in [0.25, 0.3) is 0 Å². The van der Waals surface area contributed by atoms with Gasteiger partial charge in [-0.05, 0) is 110 Å². The smallest absolute Gasteiger partial charge is 0.193 e. The quantitative estimate of drug-likeness (QED) is 0.254. The highest BCUT2D eigenvalue weighted by molar-refractivity contribution is 5.98. The van der Waals surface area contributed by atoms with Crippen LogP contribution in [0.3, 0.4) is 0 Å². The van der Waals surface area contributed by atoms with Crippen molar-refractivity contribution in [3.05, 3.63) is 70.8 Å². The summed E-state index contributed by atoms with van der Waals surface area (Å²) in [4.78, 5) is 10.8. The van der Waals surface area contributed by atoms with E-state index in [1.807, 2.05) is 0 Å². The van der Waals surface area contributed by atoms with Crippen LogP contribution in [0, 0.1) is 11.8 Å². The monoisotopic (exact) mass is 662 g/mol. The zero-order valence-electron chi connectivity index (χ0n) is 30.2. The van der Waals surface area contributed by atoms with Crippen molar-refractivity contribution >= 4 is 11.8 Å². The van der Waals surface area contributed by atoms with E-state index in [1.165, 1.54) is 140 Å². The summed E-state index contributed by atoms with van der Waals surface area (Å²) in [5.74, 6) is 4.44. The molecule has 6 aliphatic rings. The summed E-state index contributed by atoms with van der Waals surface area (Å²) in [7, 11) is 0. The molecule has 0 spiro atoms. The van der Waals surface area contributed by atoms with Crippen LogP contribution in [0.4, 0.5) is 0 Å². The molecule has 49 heavy (non-hydrogen) atoms. The highest BCUT2D eigenvalue weighted by atomic mass is 16.5. The first-order valence-corrected chi connectivity index (χ1v) is 20.9. The van der Waals surface area contributed by atoms with Crippen molar-refractivity contribution in [1.29, 1.82) is 0 Å². The molecule has 0 amide bonds. The summed E-state index contributed by atoms with van der Waals surface area (Å²) in [6, 6.07) is 19.4. The van der Waals surface area contributed by atoms with Gasteiger partial charge in [0, 0.05) is 0 Å². The largest absolute Gasteiger partial charge is 0.475 e. The lowest BCUT2D eigenvalue weighted by Crippen LogP contribution is -2.34. The number of nitrogens with zero attached hydrogens (tertiary/aromatic N) is 2. The second kappa shape index (κ2) is 16.2. The van der Waals surface area contributed by atoms with Gasteiger partial charge in [-0.25, -0.2) is 9.98 Å². The molecule has 4 nitrogen and oxygen atoms in total. The molecule has 2 unspecified atom stereocenters. The van der Waals surface area contributed by atoms with Gasteiger partial charge in [0.15, 0.2) is 11.8 Å². The average Bonchev–Trinajstić information content (AvgIpc) is 3.76. The standard InChI is InChI=1S/C45H62N2O2/c1-5-17-34(18-6-1)38-25-13-15-32(27-38)29-40-44(36-21-9-3-10-22-36)48-42(46-40)31-43-47-41(45(49-43)37-23-11-4-12-24-37)30-33-16-14-26-39(28-33)35-19-7-2-8-20-35/h13-16,25-28,34-37,40-41,44-45H,1-12,17-24,29-31H2/t40-,41-,44?,45?/m1/s1. The van der Waals surface area contributed by atoms with Crippen LogP contribution in [-0.4, -0.2) is 36.1 Å². The van der Waals surface area contributed by atoms with Gasteiger partial charge in [0.2, 0.25) is 0 Å². The van der Waals surface area contributed by atoms with Crippen LogP contribution in [0.2, 0.25) is 0 Å². The van der Waals surface area contributed by atoms with Crippen molar-refractivity contribution in [3.8, 4) is 0 Å². The molecule has 4 heteroatoms. The third kappa shape index (κ3) is 8.31. The molecule has 4 fully saturated rings. The number of hydrogen-bond acceptors (Lipinski definition) is 4. The first-order chi connectivity index (χ1) is 24.2. The maximum absolute atomic E-state index is 6.90. The van der Waals surface area contributed by atoms with E-state index in [1.54, 1.807) is 11.1 Å². The SMILES string of the molecule is c1cc(C[C@H]2N=C(CC3=N[C@H](Cc4cccc(C5CCCCC5)c4)C(C4CCCCC4)O3)OC2C2CCCCC2)cc(C2CCCCC2)c1. The molecule has 0 saturated heterocycles. The summed E-state index contributed by atoms with van der Waals surface area (Å²) >= 11 is 0. The first-order valence-electron chi connectivity index (χ1n) is 20.9. The molecular formula is C45H62N2O2. The van der Waals surface area contributed by atoms with Gasteiger partial charge in [-0.15, -0.1) is 0 Å². The first kappa shape index (κ1) is 33.5. The van der Waals surface area contributed by atoms with Crippen LogP contribution >= 0.6 is 0 Å². The van der Waals surface area contributed by atoms with Crippen LogP contribution in [-0.2, 0) is 22.3 Å². The molecule has 0 radical (unpaired) electrons. The Morgan fingerprint density at radius 1 is 0.469 bits per heavy atom. The lowest BCUT2D eigenvalue weighted by Gasteiger charge is -2.30. The van der Waals surface area contributed by atoms with E-state index >= 15 is 0 Å². The highest BCUT2D eigenvalue weighted by Gasteiger charge is 2.41. The molecule has 2 aromatic carbocycles. The van der Waals surface area contributed by atoms with Crippen LogP contribution in [0.25, 0.3) is 0 Å². The van der Waals surface area contributed by atoms with Gasteiger partial charge >= 0.3 is 0 Å². The Morgan fingerprint density at radius 3 is 1.27 bits per heavy atom. The van der Waals surface area contributed by atoms with Crippen LogP contribution in [0.1, 0.15) is 169 Å². The summed E-state index contributed by atoms with van der Waals surface area (Å²) in [6.07, 6.45) is 29.8. The lowest BCUT2D eigenvalue weighted by molar-refractivity contribution is 0.0896. The minimum absolute atomic E-state index is 0.183. The van der Waals surface area contributed by atoms with E-state index in [9.17, 15) is 0 Å². The van der Waals surface area contributed by atoms with E-state index in [2.05, 4.69) is 48.5 Å². The van der Waals surface area contributed by atoms with Crippen molar-refractivity contribution in [3.63, 3.8) is 0 Å². The molecular weight excluding hydrogens is 601 g/mol. The summed E-state index contributed by atoms with van der Waals surface area (Å²) < 4.78 is 13.8. The fourth-order valence-corrected chi connectivity index (χ4v) is 10.7. The van der Waals surface area contributed by atoms with Crippen molar-refractivity contribution < 1.29 is 9.47 Å². The number of rotatable bonds is 10. The molecule has 0 bridgehead atoms. The number of hydrogen-bond donors (Lipinski definition) is 0. The maximum Gasteiger partial charge on any atom is 0.193 e. The van der Waals surface area contributed by atoms with Gasteiger partial charge in [0.05, 0.1) is 18.5 Å². The Kier molecular flexibility index (Phi) is 11.1. The van der Waals surface area contributed by atoms with E-state index in [4.69, 9.17) is 19.5 Å². The van der Waals surface area contributed by atoms with Gasteiger partial charge in [0.1, 0.15) is 12.2 Å². The summed E-state index contributed by atoms with van der Waals surface area (Å²) in [5.41, 5.74) is 5.97. The molecule has 4 atom stereocenters. The van der Waals surface area contributed by atoms with Gasteiger partial charge in [-0.1, -0.05) is 126 Å². The van der Waals surface area contributed by atoms with E-state index < -0.39 is 0 Å². The predicted molar refractivity (Wildman–Crippen MR) is 202 cm³/mol. The molecule has 2 aromatic rings. The normalized spacial score (nSPS) is 29.3. The van der Waals surface area contributed by atoms with Gasteiger partial charge in [-0.3, -0.25) is 0 Å². The second-order valence-corrected chi connectivity index (χ2v) is 16.9. The van der Waals surface area contributed by atoms with Crippen LogP contribution < -0.4 is 0 Å². The molecule has 4 saturated carbocycles. The molecule has 0 aromatic heterocycles. The topological polar surface area (TPSA) is 43.2 Å². The number of benzene rings is 2. The summed E-state index contributed by atoms with van der Waals surface area (Å²) in [5, 5.41) is 0. The molecule has 264 valence electrons. The van der Waals surface area contributed by atoms with E-state index in [0.717, 1.165) is 36.5 Å².